The van der Waals surface area contributed by atoms with Crippen molar-refractivity contribution in [2.75, 3.05) is 11.5 Å². The number of rotatable bonds is 5. The molecule has 1 atom stereocenters. The summed E-state index contributed by atoms with van der Waals surface area (Å²) in [5.41, 5.74) is 0.382. The van der Waals surface area contributed by atoms with Crippen LogP contribution in [0.2, 0.25) is 0 Å². The van der Waals surface area contributed by atoms with Gasteiger partial charge in [-0.15, -0.1) is 0 Å². The van der Waals surface area contributed by atoms with Crippen molar-refractivity contribution in [3.05, 3.63) is 65.7 Å². The topological polar surface area (TPSA) is 105 Å². The molecule has 3 rings (SSSR count). The lowest BCUT2D eigenvalue weighted by atomic mass is 10.2. The van der Waals surface area contributed by atoms with Gasteiger partial charge in [-0.1, -0.05) is 18.2 Å². The zero-order valence-corrected chi connectivity index (χ0v) is 14.7. The number of carbonyl (C=O) groups is 2. The molecule has 0 spiro atoms. The van der Waals surface area contributed by atoms with Crippen molar-refractivity contribution in [1.29, 1.82) is 0 Å². The second-order valence-electron chi connectivity index (χ2n) is 5.97. The van der Waals surface area contributed by atoms with Gasteiger partial charge in [-0.25, -0.2) is 8.42 Å². The summed E-state index contributed by atoms with van der Waals surface area (Å²) in [5, 5.41) is 5.23. The number of hydrogen-bond acceptors (Lipinski definition) is 5. The Morgan fingerprint density at radius 3 is 2.50 bits per heavy atom. The first-order valence-corrected chi connectivity index (χ1v) is 9.88. The van der Waals surface area contributed by atoms with Crippen molar-refractivity contribution in [2.24, 2.45) is 0 Å². The average molecular weight is 374 g/mol. The van der Waals surface area contributed by atoms with Crippen molar-refractivity contribution in [2.45, 2.75) is 12.5 Å². The predicted molar refractivity (Wildman–Crippen MR) is 95.8 cm³/mol. The minimum absolute atomic E-state index is 0.0156. The molecule has 1 fully saturated rings. The minimum atomic E-state index is -3.12. The molecule has 26 heavy (non-hydrogen) atoms. The molecule has 2 N–H and O–H groups in total. The SMILES string of the molecule is O=C(N[C@H]1CCS(=O)(=O)C1)/C(=C/c1ccco1)NC(=O)c1ccccc1. The molecule has 7 nitrogen and oxygen atoms in total. The molecule has 1 saturated heterocycles. The molecule has 1 aromatic heterocycles. The highest BCUT2D eigenvalue weighted by molar-refractivity contribution is 7.91. The number of benzene rings is 1. The third-order valence-corrected chi connectivity index (χ3v) is 5.69. The van der Waals surface area contributed by atoms with Gasteiger partial charge in [0.15, 0.2) is 9.84 Å². The predicted octanol–water partition coefficient (Wildman–Crippen LogP) is 1.35. The van der Waals surface area contributed by atoms with Gasteiger partial charge in [-0.05, 0) is 30.7 Å². The Labute approximate surface area is 151 Å². The fourth-order valence-corrected chi connectivity index (χ4v) is 4.30. The van der Waals surface area contributed by atoms with Crippen LogP contribution in [0.1, 0.15) is 22.5 Å². The van der Waals surface area contributed by atoms with Crippen molar-refractivity contribution in [3.8, 4) is 0 Å². The second kappa shape index (κ2) is 7.57. The molecule has 136 valence electrons. The van der Waals surface area contributed by atoms with Crippen LogP contribution in [-0.4, -0.2) is 37.8 Å². The maximum Gasteiger partial charge on any atom is 0.268 e. The third-order valence-electron chi connectivity index (χ3n) is 3.93. The Morgan fingerprint density at radius 1 is 1.12 bits per heavy atom. The molecule has 1 aliphatic rings. The van der Waals surface area contributed by atoms with E-state index in [1.54, 1.807) is 42.5 Å². The number of nitrogens with one attached hydrogen (secondary N) is 2. The van der Waals surface area contributed by atoms with E-state index in [-0.39, 0.29) is 17.2 Å². The molecule has 8 heteroatoms. The highest BCUT2D eigenvalue weighted by Crippen LogP contribution is 2.13. The molecule has 0 bridgehead atoms. The van der Waals surface area contributed by atoms with Crippen LogP contribution in [0.5, 0.6) is 0 Å². The lowest BCUT2D eigenvalue weighted by Gasteiger charge is -2.14. The van der Waals surface area contributed by atoms with E-state index in [0.717, 1.165) is 0 Å². The van der Waals surface area contributed by atoms with Crippen molar-refractivity contribution < 1.29 is 22.4 Å². The van der Waals surface area contributed by atoms with Gasteiger partial charge < -0.3 is 15.1 Å². The van der Waals surface area contributed by atoms with Crippen LogP contribution < -0.4 is 10.6 Å². The Hall–Kier alpha value is -2.87. The summed E-state index contributed by atoms with van der Waals surface area (Å²) >= 11 is 0. The zero-order chi connectivity index (χ0) is 18.6. The summed E-state index contributed by atoms with van der Waals surface area (Å²) in [6.07, 6.45) is 3.21. The monoisotopic (exact) mass is 374 g/mol. The van der Waals surface area contributed by atoms with Crippen molar-refractivity contribution in [3.63, 3.8) is 0 Å². The van der Waals surface area contributed by atoms with Crippen LogP contribution in [0, 0.1) is 0 Å². The maximum absolute atomic E-state index is 12.6. The van der Waals surface area contributed by atoms with E-state index in [4.69, 9.17) is 4.42 Å². The van der Waals surface area contributed by atoms with Crippen LogP contribution in [0.25, 0.3) is 6.08 Å². The first kappa shape index (κ1) is 17.9. The largest absolute Gasteiger partial charge is 0.465 e. The molecule has 0 saturated carbocycles. The minimum Gasteiger partial charge on any atom is -0.465 e. The Morgan fingerprint density at radius 2 is 1.88 bits per heavy atom. The lowest BCUT2D eigenvalue weighted by molar-refractivity contribution is -0.118. The zero-order valence-electron chi connectivity index (χ0n) is 13.8. The molecular formula is C18H18N2O5S. The first-order chi connectivity index (χ1) is 12.4. The fraction of sp³-hybridized carbons (Fsp3) is 0.222. The molecule has 2 aromatic rings. The third kappa shape index (κ3) is 4.60. The molecule has 0 aliphatic carbocycles. The Balaban J connectivity index is 1.77. The maximum atomic E-state index is 12.6. The second-order valence-corrected chi connectivity index (χ2v) is 8.20. The smallest absolute Gasteiger partial charge is 0.268 e. The van der Waals surface area contributed by atoms with Gasteiger partial charge in [0.2, 0.25) is 0 Å². The first-order valence-electron chi connectivity index (χ1n) is 8.06. The van der Waals surface area contributed by atoms with E-state index in [2.05, 4.69) is 10.6 Å². The number of furan rings is 1. The van der Waals surface area contributed by atoms with E-state index in [9.17, 15) is 18.0 Å². The molecular weight excluding hydrogens is 356 g/mol. The van der Waals surface area contributed by atoms with Gasteiger partial charge in [0.1, 0.15) is 11.5 Å². The molecule has 0 radical (unpaired) electrons. The van der Waals surface area contributed by atoms with E-state index in [1.165, 1.54) is 12.3 Å². The van der Waals surface area contributed by atoms with Gasteiger partial charge in [-0.2, -0.15) is 0 Å². The Bertz CT molecular complexity index is 918. The highest BCUT2D eigenvalue weighted by atomic mass is 32.2. The molecule has 1 aromatic carbocycles. The average Bonchev–Trinajstić information content (AvgIpc) is 3.24. The number of sulfone groups is 1. The van der Waals surface area contributed by atoms with Crippen molar-refractivity contribution >= 4 is 27.7 Å². The summed E-state index contributed by atoms with van der Waals surface area (Å²) in [5.74, 6) is -0.668. The summed E-state index contributed by atoms with van der Waals surface area (Å²) in [7, 11) is -3.12. The van der Waals surface area contributed by atoms with E-state index in [0.29, 0.717) is 17.7 Å². The fourth-order valence-electron chi connectivity index (χ4n) is 2.63. The van der Waals surface area contributed by atoms with E-state index < -0.39 is 27.7 Å². The van der Waals surface area contributed by atoms with Crippen molar-refractivity contribution in [1.82, 2.24) is 10.6 Å². The molecule has 0 unspecified atom stereocenters. The number of hydrogen-bond donors (Lipinski definition) is 2. The lowest BCUT2D eigenvalue weighted by Crippen LogP contribution is -2.41. The van der Waals surface area contributed by atoms with E-state index >= 15 is 0 Å². The van der Waals surface area contributed by atoms with Crippen LogP contribution in [0.4, 0.5) is 0 Å². The van der Waals surface area contributed by atoms with E-state index in [1.807, 2.05) is 0 Å². The normalized spacial score (nSPS) is 19.1. The molecule has 1 aliphatic heterocycles. The van der Waals surface area contributed by atoms with Crippen LogP contribution in [0.15, 0.2) is 58.8 Å². The number of carbonyl (C=O) groups excluding carboxylic acids is 2. The van der Waals surface area contributed by atoms with Crippen LogP contribution >= 0.6 is 0 Å². The number of amides is 2. The Kier molecular flexibility index (Phi) is 5.22. The summed E-state index contributed by atoms with van der Waals surface area (Å²) in [6, 6.07) is 11.3. The van der Waals surface area contributed by atoms with Crippen LogP contribution in [0.3, 0.4) is 0 Å². The standard InChI is InChI=1S/C18H18N2O5S/c21-17(13-5-2-1-3-6-13)20-16(11-15-7-4-9-25-15)18(22)19-14-8-10-26(23,24)12-14/h1-7,9,11,14H,8,10,12H2,(H,19,22)(H,20,21)/b16-11-/t14-/m0/s1. The summed E-state index contributed by atoms with van der Waals surface area (Å²) in [4.78, 5) is 24.9. The van der Waals surface area contributed by atoms with Gasteiger partial charge in [0.05, 0.1) is 17.8 Å². The van der Waals surface area contributed by atoms with Gasteiger partial charge in [0.25, 0.3) is 11.8 Å². The molecule has 2 amide bonds. The van der Waals surface area contributed by atoms with Gasteiger partial charge in [-0.3, -0.25) is 9.59 Å². The summed E-state index contributed by atoms with van der Waals surface area (Å²) < 4.78 is 28.3. The quantitative estimate of drug-likeness (QED) is 0.769. The molecule has 2 heterocycles. The van der Waals surface area contributed by atoms with Gasteiger partial charge in [0, 0.05) is 17.7 Å². The highest BCUT2D eigenvalue weighted by Gasteiger charge is 2.30. The van der Waals surface area contributed by atoms with Gasteiger partial charge >= 0.3 is 0 Å². The van der Waals surface area contributed by atoms with Crippen LogP contribution in [-0.2, 0) is 14.6 Å². The summed E-state index contributed by atoms with van der Waals surface area (Å²) in [6.45, 7) is 0.